The Hall–Kier alpha value is -1.31. The fourth-order valence-electron chi connectivity index (χ4n) is 4.34. The number of fused-ring (bicyclic) bond motifs is 2. The van der Waals surface area contributed by atoms with Crippen LogP contribution in [0.4, 0.5) is 4.79 Å². The second-order valence-electron chi connectivity index (χ2n) is 7.06. The van der Waals surface area contributed by atoms with E-state index in [-0.39, 0.29) is 42.9 Å². The molecule has 1 aromatic rings. The van der Waals surface area contributed by atoms with Crippen LogP contribution in [0.3, 0.4) is 0 Å². The molecule has 6 N–H and O–H groups in total. The van der Waals surface area contributed by atoms with E-state index in [4.69, 9.17) is 11.5 Å². The maximum atomic E-state index is 12.6. The number of primary amides is 1. The number of hydrogen-bond acceptors (Lipinski definition) is 4. The van der Waals surface area contributed by atoms with E-state index in [2.05, 4.69) is 10.6 Å². The van der Waals surface area contributed by atoms with Crippen molar-refractivity contribution >= 4 is 35.7 Å². The molecule has 3 atom stereocenters. The van der Waals surface area contributed by atoms with Gasteiger partial charge in [0.05, 0.1) is 12.5 Å². The molecule has 2 aliphatic rings. The number of urea groups is 1. The normalized spacial score (nSPS) is 29.2. The Balaban J connectivity index is 0.00000225. The Labute approximate surface area is 158 Å². The third-order valence-electron chi connectivity index (χ3n) is 5.30. The molecule has 0 saturated heterocycles. The topological polar surface area (TPSA) is 110 Å². The first kappa shape index (κ1) is 20.0. The summed E-state index contributed by atoms with van der Waals surface area (Å²) in [4.78, 5) is 24.8. The van der Waals surface area contributed by atoms with Crippen LogP contribution < -0.4 is 22.1 Å². The molecule has 2 saturated carbocycles. The second kappa shape index (κ2) is 8.87. The molecule has 0 aromatic carbocycles. The highest BCUT2D eigenvalue weighted by atomic mass is 35.5. The van der Waals surface area contributed by atoms with Crippen molar-refractivity contribution in [3.05, 3.63) is 22.4 Å². The highest BCUT2D eigenvalue weighted by molar-refractivity contribution is 7.10. The smallest absolute Gasteiger partial charge is 0.312 e. The molecule has 2 aliphatic carbocycles. The summed E-state index contributed by atoms with van der Waals surface area (Å²) in [6.07, 6.45) is 5.72. The molecule has 8 heteroatoms. The molecule has 25 heavy (non-hydrogen) atoms. The molecule has 1 heterocycles. The zero-order chi connectivity index (χ0) is 17.1. The maximum absolute atomic E-state index is 12.6. The van der Waals surface area contributed by atoms with E-state index in [1.165, 1.54) is 17.8 Å². The predicted octanol–water partition coefficient (Wildman–Crippen LogP) is 2.29. The first-order valence-electron chi connectivity index (χ1n) is 8.67. The maximum Gasteiger partial charge on any atom is 0.312 e. The van der Waals surface area contributed by atoms with E-state index in [1.807, 2.05) is 17.5 Å². The molecule has 140 valence electrons. The largest absolute Gasteiger partial charge is 0.353 e. The SMILES string of the molecule is Cl.NC(=O)NC(CC(=O)NC1C2CCCC1CC(N)C2)c1cccs1. The number of amides is 3. The van der Waals surface area contributed by atoms with Crippen molar-refractivity contribution in [2.75, 3.05) is 0 Å². The van der Waals surface area contributed by atoms with Gasteiger partial charge < -0.3 is 22.1 Å². The molecule has 2 fully saturated rings. The summed E-state index contributed by atoms with van der Waals surface area (Å²) in [5.41, 5.74) is 11.4. The molecule has 3 amide bonds. The lowest BCUT2D eigenvalue weighted by atomic mass is 9.67. The minimum atomic E-state index is -0.610. The number of nitrogens with two attached hydrogens (primary N) is 2. The van der Waals surface area contributed by atoms with Gasteiger partial charge in [0.1, 0.15) is 0 Å². The standard InChI is InChI=1S/C17H26N4O2S.ClH/c18-12-7-10-3-1-4-11(8-12)16(10)21-15(22)9-13(20-17(19)23)14-5-2-6-24-14;/h2,5-6,10-13,16H,1,3-4,7-9,18H2,(H,21,22)(H3,19,20,23);1H. The summed E-state index contributed by atoms with van der Waals surface area (Å²) in [5.74, 6) is 0.945. The van der Waals surface area contributed by atoms with E-state index in [9.17, 15) is 9.59 Å². The third kappa shape index (κ3) is 5.09. The Morgan fingerprint density at radius 1 is 1.28 bits per heavy atom. The van der Waals surface area contributed by atoms with Gasteiger partial charge in [-0.3, -0.25) is 4.79 Å². The van der Waals surface area contributed by atoms with E-state index in [0.29, 0.717) is 11.8 Å². The minimum absolute atomic E-state index is 0. The summed E-state index contributed by atoms with van der Waals surface area (Å²) < 4.78 is 0. The number of nitrogens with one attached hydrogen (secondary N) is 2. The lowest BCUT2D eigenvalue weighted by Gasteiger charge is -2.45. The number of thiophene rings is 1. The van der Waals surface area contributed by atoms with Crippen LogP contribution in [0.25, 0.3) is 0 Å². The second-order valence-corrected chi connectivity index (χ2v) is 8.04. The highest BCUT2D eigenvalue weighted by Crippen LogP contribution is 2.39. The van der Waals surface area contributed by atoms with Crippen LogP contribution in [-0.2, 0) is 4.79 Å². The van der Waals surface area contributed by atoms with E-state index in [1.54, 1.807) is 0 Å². The van der Waals surface area contributed by atoms with Crippen LogP contribution in [0.15, 0.2) is 17.5 Å². The molecule has 1 aromatic heterocycles. The molecule has 3 unspecified atom stereocenters. The van der Waals surface area contributed by atoms with Gasteiger partial charge in [-0.1, -0.05) is 12.5 Å². The number of carbonyl (C=O) groups is 2. The average molecular weight is 387 g/mol. The summed E-state index contributed by atoms with van der Waals surface area (Å²) in [7, 11) is 0. The minimum Gasteiger partial charge on any atom is -0.353 e. The first-order valence-corrected chi connectivity index (χ1v) is 9.55. The van der Waals surface area contributed by atoms with Gasteiger partial charge in [-0.2, -0.15) is 0 Å². The van der Waals surface area contributed by atoms with E-state index in [0.717, 1.165) is 30.6 Å². The van der Waals surface area contributed by atoms with Crippen molar-refractivity contribution in [3.63, 3.8) is 0 Å². The molecule has 0 aliphatic heterocycles. The van der Waals surface area contributed by atoms with Gasteiger partial charge in [-0.05, 0) is 49.0 Å². The Bertz CT molecular complexity index is 569. The van der Waals surface area contributed by atoms with E-state index < -0.39 is 6.03 Å². The van der Waals surface area contributed by atoms with Crippen molar-refractivity contribution in [3.8, 4) is 0 Å². The van der Waals surface area contributed by atoms with Gasteiger partial charge in [0.25, 0.3) is 0 Å². The van der Waals surface area contributed by atoms with Gasteiger partial charge in [-0.25, -0.2) is 4.79 Å². The van der Waals surface area contributed by atoms with Gasteiger partial charge in [0.15, 0.2) is 0 Å². The molecule has 2 bridgehead atoms. The monoisotopic (exact) mass is 386 g/mol. The van der Waals surface area contributed by atoms with Gasteiger partial charge >= 0.3 is 6.03 Å². The van der Waals surface area contributed by atoms with Crippen LogP contribution in [0.5, 0.6) is 0 Å². The van der Waals surface area contributed by atoms with Gasteiger partial charge in [0.2, 0.25) is 5.91 Å². The number of carbonyl (C=O) groups excluding carboxylic acids is 2. The average Bonchev–Trinajstić information content (AvgIpc) is 3.01. The van der Waals surface area contributed by atoms with Crippen molar-refractivity contribution in [2.45, 2.75) is 56.7 Å². The quantitative estimate of drug-likeness (QED) is 0.623. The molecule has 0 radical (unpaired) electrons. The molecular weight excluding hydrogens is 360 g/mol. The molecule has 3 rings (SSSR count). The summed E-state index contributed by atoms with van der Waals surface area (Å²) in [6, 6.07) is 3.33. The van der Waals surface area contributed by atoms with Crippen LogP contribution in [0.1, 0.15) is 49.4 Å². The summed E-state index contributed by atoms with van der Waals surface area (Å²) in [6.45, 7) is 0. The van der Waals surface area contributed by atoms with Crippen molar-refractivity contribution in [1.29, 1.82) is 0 Å². The number of hydrogen-bond donors (Lipinski definition) is 4. The molecule has 6 nitrogen and oxygen atoms in total. The lowest BCUT2D eigenvalue weighted by molar-refractivity contribution is -0.123. The number of rotatable bonds is 5. The third-order valence-corrected chi connectivity index (χ3v) is 6.28. The summed E-state index contributed by atoms with van der Waals surface area (Å²) >= 11 is 1.51. The predicted molar refractivity (Wildman–Crippen MR) is 102 cm³/mol. The summed E-state index contributed by atoms with van der Waals surface area (Å²) in [5, 5.41) is 7.83. The number of halogens is 1. The van der Waals surface area contributed by atoms with E-state index >= 15 is 0 Å². The first-order chi connectivity index (χ1) is 11.5. The van der Waals surface area contributed by atoms with Crippen molar-refractivity contribution < 1.29 is 9.59 Å². The zero-order valence-electron chi connectivity index (χ0n) is 14.1. The Kier molecular flexibility index (Phi) is 7.10. The lowest BCUT2D eigenvalue weighted by Crippen LogP contribution is -2.54. The van der Waals surface area contributed by atoms with Crippen LogP contribution >= 0.6 is 23.7 Å². The fraction of sp³-hybridized carbons (Fsp3) is 0.647. The molecular formula is C17H27ClN4O2S. The van der Waals surface area contributed by atoms with Crippen molar-refractivity contribution in [2.24, 2.45) is 23.3 Å². The zero-order valence-corrected chi connectivity index (χ0v) is 15.8. The van der Waals surface area contributed by atoms with Gasteiger partial charge in [-0.15, -0.1) is 23.7 Å². The van der Waals surface area contributed by atoms with Crippen LogP contribution in [0.2, 0.25) is 0 Å². The van der Waals surface area contributed by atoms with Crippen molar-refractivity contribution in [1.82, 2.24) is 10.6 Å². The Morgan fingerprint density at radius 3 is 2.52 bits per heavy atom. The Morgan fingerprint density at radius 2 is 1.96 bits per heavy atom. The van der Waals surface area contributed by atoms with Gasteiger partial charge in [0, 0.05) is 17.0 Å². The van der Waals surface area contributed by atoms with Crippen LogP contribution in [0, 0.1) is 11.8 Å². The fourth-order valence-corrected chi connectivity index (χ4v) is 5.12. The highest BCUT2D eigenvalue weighted by Gasteiger charge is 2.40. The van der Waals surface area contributed by atoms with Crippen LogP contribution in [-0.4, -0.2) is 24.0 Å². The molecule has 0 spiro atoms.